The van der Waals surface area contributed by atoms with Crippen LogP contribution in [0.15, 0.2) is 460 Å². The molecule has 16 aromatic carbocycles. The third-order valence-electron chi connectivity index (χ3n) is 23.8. The van der Waals surface area contributed by atoms with Crippen LogP contribution in [0.5, 0.6) is 0 Å². The van der Waals surface area contributed by atoms with Crippen LogP contribution >= 0.6 is 0 Å². The fraction of sp³-hybridized carbons (Fsp3) is 0.0286. The molecular formula is C105H79NSi3. The Hall–Kier alpha value is -12.8. The van der Waals surface area contributed by atoms with E-state index in [0.29, 0.717) is 0 Å². The average Bonchev–Trinajstić information content (AvgIpc) is 1.36. The van der Waals surface area contributed by atoms with Crippen molar-refractivity contribution >= 4 is 103 Å². The van der Waals surface area contributed by atoms with Crippen molar-refractivity contribution in [1.29, 1.82) is 0 Å². The molecule has 2 bridgehead atoms. The van der Waals surface area contributed by atoms with Crippen LogP contribution in [-0.4, -0.2) is 28.8 Å². The highest BCUT2D eigenvalue weighted by molar-refractivity contribution is 7.20. The second kappa shape index (κ2) is 28.2. The molecule has 4 heteroatoms. The maximum atomic E-state index is 4.58. The van der Waals surface area contributed by atoms with E-state index in [1.54, 1.807) is 0 Å². The summed E-state index contributed by atoms with van der Waals surface area (Å²) >= 11 is 0. The van der Waals surface area contributed by atoms with Gasteiger partial charge in [0.2, 0.25) is 0 Å². The number of hydrogen-bond acceptors (Lipinski definition) is 0. The van der Waals surface area contributed by atoms with Gasteiger partial charge < -0.3 is 4.57 Å². The van der Waals surface area contributed by atoms with Gasteiger partial charge in [-0.2, -0.15) is 0 Å². The molecule has 0 saturated carbocycles. The van der Waals surface area contributed by atoms with Crippen molar-refractivity contribution in [3.05, 3.63) is 482 Å². The molecule has 0 amide bonds. The number of benzene rings is 16. The van der Waals surface area contributed by atoms with E-state index >= 15 is 0 Å². The van der Waals surface area contributed by atoms with Gasteiger partial charge in [0.15, 0.2) is 24.2 Å². The van der Waals surface area contributed by atoms with Gasteiger partial charge in [-0.15, -0.1) is 0 Å². The second-order valence-corrected chi connectivity index (χ2v) is 40.6. The van der Waals surface area contributed by atoms with E-state index in [-0.39, 0.29) is 11.8 Å². The van der Waals surface area contributed by atoms with Gasteiger partial charge in [0.25, 0.3) is 0 Å². The van der Waals surface area contributed by atoms with E-state index in [9.17, 15) is 0 Å². The Bertz CT molecular complexity index is 5820. The van der Waals surface area contributed by atoms with Crippen LogP contribution in [0, 0.1) is 0 Å². The lowest BCUT2D eigenvalue weighted by Gasteiger charge is -2.48. The zero-order chi connectivity index (χ0) is 72.9. The van der Waals surface area contributed by atoms with Gasteiger partial charge in [-0.3, -0.25) is 0 Å². The van der Waals surface area contributed by atoms with Crippen LogP contribution in [0.3, 0.4) is 0 Å². The SMILES string of the molecule is C=C/C=C(\C1=C(C)C2c3ccccc3C1c1c2cccc1-n1c2ccccc2c2cc(-c3c(-c4cccc([Si](c5ccccc5)(c5ccccc5)c5ccccc5)c4)cccc3-c3cccc([Si](c4ccccc4)(c4ccccc4)c4ccccc4)c3)ccc21)[Si](c1ccccc1)(c1ccccc1)c1ccccc1. The molecule has 2 unspecified atom stereocenters. The van der Waals surface area contributed by atoms with E-state index in [1.165, 1.54) is 145 Å². The molecule has 20 rings (SSSR count). The smallest absolute Gasteiger partial charge is 0.179 e. The van der Waals surface area contributed by atoms with E-state index < -0.39 is 24.2 Å². The standard InChI is InChI=1S/C105H79NSi3/c1-3-39-100(109(85-54-25-10-26-55-85,86-56-27-11-28-57-86)87-58-29-12-30-59-87)102-75(2)101-93-63-31-32-64-94(93)105(102)104-95(101)67-38-69-99(104)106-97-68-34-33-62-92(97)96-74-78(70-71-98(96)106)103-90(76-40-35-60-88(72-76)107(79-42-13-4-14-43-79,80-44-15-5-16-45-80)81-46-17-6-18-47-81)65-37-66-91(103)77-41-36-61-89(73-77)108(82-48-19-7-20-49-82,83-50-21-8-22-51-83)84-52-23-9-24-53-84/h3-74,101,105H,1H2,2H3/b100-39+. The highest BCUT2D eigenvalue weighted by Gasteiger charge is 2.52. The number of fused-ring (bicyclic) bond motifs is 3. The average molecular weight is 1440 g/mol. The minimum absolute atomic E-state index is 0.0156. The van der Waals surface area contributed by atoms with Crippen LogP contribution in [-0.2, 0) is 0 Å². The Balaban J connectivity index is 0.854. The summed E-state index contributed by atoms with van der Waals surface area (Å²) in [5, 5.41) is 18.5. The van der Waals surface area contributed by atoms with Gasteiger partial charge in [0.05, 0.1) is 16.7 Å². The molecule has 1 heterocycles. The first-order valence-electron chi connectivity index (χ1n) is 38.2. The van der Waals surface area contributed by atoms with Gasteiger partial charge in [-0.1, -0.05) is 425 Å². The summed E-state index contributed by atoms with van der Waals surface area (Å²) in [6.45, 7) is 7.03. The Labute approximate surface area is 642 Å². The molecule has 3 aliphatic rings. The summed E-state index contributed by atoms with van der Waals surface area (Å²) in [4.78, 5) is 0. The minimum Gasteiger partial charge on any atom is -0.309 e. The molecule has 0 N–H and O–H groups in total. The molecule has 0 fully saturated rings. The predicted molar refractivity (Wildman–Crippen MR) is 469 cm³/mol. The van der Waals surface area contributed by atoms with Crippen LogP contribution in [0.4, 0.5) is 0 Å². The Kier molecular flexibility index (Phi) is 17.3. The van der Waals surface area contributed by atoms with Gasteiger partial charge in [0.1, 0.15) is 0 Å². The van der Waals surface area contributed by atoms with Crippen molar-refractivity contribution in [2.45, 2.75) is 18.8 Å². The number of nitrogens with zero attached hydrogens (tertiary/aromatic N) is 1. The van der Waals surface area contributed by atoms with E-state index in [0.717, 1.165) is 11.1 Å². The molecule has 0 radical (unpaired) electrons. The summed E-state index contributed by atoms with van der Waals surface area (Å²) in [5.74, 6) is -0.0974. The van der Waals surface area contributed by atoms with Crippen LogP contribution < -0.4 is 57.1 Å². The molecule has 0 spiro atoms. The molecule has 516 valence electrons. The van der Waals surface area contributed by atoms with Crippen molar-refractivity contribution in [3.63, 3.8) is 0 Å². The Morgan fingerprint density at radius 3 is 1.07 bits per heavy atom. The predicted octanol–water partition coefficient (Wildman–Crippen LogP) is 18.3. The minimum atomic E-state index is -3.14. The number of rotatable bonds is 18. The lowest BCUT2D eigenvalue weighted by atomic mass is 9.60. The first-order valence-corrected chi connectivity index (χ1v) is 44.2. The highest BCUT2D eigenvalue weighted by Crippen LogP contribution is 2.60. The van der Waals surface area contributed by atoms with Crippen molar-refractivity contribution in [2.24, 2.45) is 0 Å². The molecule has 2 atom stereocenters. The summed E-state index contributed by atoms with van der Waals surface area (Å²) in [7, 11) is -9.10. The third kappa shape index (κ3) is 10.8. The normalized spacial score (nSPS) is 14.2. The van der Waals surface area contributed by atoms with Crippen molar-refractivity contribution < 1.29 is 0 Å². The zero-order valence-corrected chi connectivity index (χ0v) is 63.9. The van der Waals surface area contributed by atoms with Crippen LogP contribution in [0.25, 0.3) is 60.9 Å². The van der Waals surface area contributed by atoms with Crippen molar-refractivity contribution in [3.8, 4) is 39.1 Å². The maximum absolute atomic E-state index is 4.58. The first kappa shape index (κ1) is 66.8. The van der Waals surface area contributed by atoms with Crippen molar-refractivity contribution in [2.75, 3.05) is 0 Å². The van der Waals surface area contributed by atoms with Gasteiger partial charge >= 0.3 is 0 Å². The molecule has 109 heavy (non-hydrogen) atoms. The lowest BCUT2D eigenvalue weighted by molar-refractivity contribution is 0.734. The largest absolute Gasteiger partial charge is 0.309 e. The fourth-order valence-electron chi connectivity index (χ4n) is 19.5. The van der Waals surface area contributed by atoms with Gasteiger partial charge in [0, 0.05) is 22.6 Å². The molecule has 1 aromatic heterocycles. The number of aromatic nitrogens is 1. The Morgan fingerprint density at radius 2 is 0.642 bits per heavy atom. The quantitative estimate of drug-likeness (QED) is 0.0458. The highest BCUT2D eigenvalue weighted by atomic mass is 28.3. The maximum Gasteiger partial charge on any atom is 0.179 e. The summed E-state index contributed by atoms with van der Waals surface area (Å²) in [6, 6.07) is 162. The topological polar surface area (TPSA) is 4.93 Å². The number of hydrogen-bond donors (Lipinski definition) is 0. The van der Waals surface area contributed by atoms with Crippen LogP contribution in [0.2, 0.25) is 0 Å². The van der Waals surface area contributed by atoms with Gasteiger partial charge in [-0.25, -0.2) is 0 Å². The third-order valence-corrected chi connectivity index (χ3v) is 38.2. The molecule has 0 saturated heterocycles. The Morgan fingerprint density at radius 1 is 0.294 bits per heavy atom. The summed E-state index contributed by atoms with van der Waals surface area (Å²) < 4.78 is 2.62. The van der Waals surface area contributed by atoms with E-state index in [4.69, 9.17) is 0 Å². The van der Waals surface area contributed by atoms with Crippen molar-refractivity contribution in [1.82, 2.24) is 4.57 Å². The fourth-order valence-corrected chi connectivity index (χ4v) is 34.2. The summed E-state index contributed by atoms with van der Waals surface area (Å²) in [6.07, 6.45) is 4.48. The second-order valence-electron chi connectivity index (χ2n) is 29.2. The summed E-state index contributed by atoms with van der Waals surface area (Å²) in [5.41, 5.74) is 18.9. The molecular weight excluding hydrogens is 1360 g/mol. The monoisotopic (exact) mass is 1440 g/mol. The molecule has 0 aliphatic heterocycles. The van der Waals surface area contributed by atoms with E-state index in [2.05, 4.69) is 455 Å². The lowest BCUT2D eigenvalue weighted by Crippen LogP contribution is -2.74. The van der Waals surface area contributed by atoms with Crippen LogP contribution in [0.1, 0.15) is 41.0 Å². The molecule has 17 aromatic rings. The number of para-hydroxylation sites is 1. The van der Waals surface area contributed by atoms with Gasteiger partial charge in [-0.05, 0) is 155 Å². The van der Waals surface area contributed by atoms with E-state index in [1.807, 2.05) is 0 Å². The molecule has 1 nitrogen and oxygen atoms in total. The molecule has 3 aliphatic carbocycles. The number of allylic oxidation sites excluding steroid dienone is 5. The zero-order valence-electron chi connectivity index (χ0n) is 60.9. The first-order chi connectivity index (χ1) is 54.0.